The van der Waals surface area contributed by atoms with Crippen LogP contribution in [-0.4, -0.2) is 27.2 Å². The fourth-order valence-electron chi connectivity index (χ4n) is 3.54. The maximum absolute atomic E-state index is 13.3. The Morgan fingerprint density at radius 2 is 1.96 bits per heavy atom. The summed E-state index contributed by atoms with van der Waals surface area (Å²) in [7, 11) is -2.30. The molecule has 4 rings (SSSR count). The number of benzene rings is 2. The number of sulfone groups is 1. The van der Waals surface area contributed by atoms with Gasteiger partial charge in [-0.2, -0.15) is 0 Å². The van der Waals surface area contributed by atoms with Crippen molar-refractivity contribution in [2.24, 2.45) is 0 Å². The van der Waals surface area contributed by atoms with Gasteiger partial charge in [-0.3, -0.25) is 0 Å². The van der Waals surface area contributed by atoms with E-state index in [0.29, 0.717) is 23.4 Å². The van der Waals surface area contributed by atoms with Gasteiger partial charge in [0.1, 0.15) is 5.76 Å². The maximum Gasteiger partial charge on any atom is 0.206 e. The van der Waals surface area contributed by atoms with Crippen molar-refractivity contribution in [2.45, 2.75) is 42.2 Å². The molecule has 0 fully saturated rings. The van der Waals surface area contributed by atoms with Crippen LogP contribution in [-0.2, 0) is 28.4 Å². The highest BCUT2D eigenvalue weighted by Gasteiger charge is 2.26. The minimum absolute atomic E-state index is 0.129. The van der Waals surface area contributed by atoms with Gasteiger partial charge in [-0.25, -0.2) is 8.42 Å². The maximum atomic E-state index is 13.3. The van der Waals surface area contributed by atoms with Gasteiger partial charge in [0.25, 0.3) is 0 Å². The van der Waals surface area contributed by atoms with Crippen LogP contribution in [0.15, 0.2) is 50.6 Å². The van der Waals surface area contributed by atoms with Crippen molar-refractivity contribution >= 4 is 20.8 Å². The molecule has 2 N–H and O–H groups in total. The smallest absolute Gasteiger partial charge is 0.206 e. The number of aliphatic hydroxyl groups is 1. The van der Waals surface area contributed by atoms with Gasteiger partial charge >= 0.3 is 0 Å². The first kappa shape index (κ1) is 19.0. The highest BCUT2D eigenvalue weighted by molar-refractivity contribution is 7.91. The molecule has 28 heavy (non-hydrogen) atoms. The quantitative estimate of drug-likeness (QED) is 0.698. The van der Waals surface area contributed by atoms with E-state index in [4.69, 9.17) is 9.15 Å². The van der Waals surface area contributed by atoms with Gasteiger partial charge in [0.15, 0.2) is 11.3 Å². The predicted molar refractivity (Wildman–Crippen MR) is 105 cm³/mol. The molecule has 3 aromatic rings. The lowest BCUT2D eigenvalue weighted by molar-refractivity contribution is 0.0784. The Morgan fingerprint density at radius 1 is 1.18 bits per heavy atom. The molecule has 0 bridgehead atoms. The van der Waals surface area contributed by atoms with Crippen LogP contribution in [0.2, 0.25) is 0 Å². The topological polar surface area (TPSA) is 88.8 Å². The SMILES string of the molecule is COc1cc(S(=O)(=O)c2cccc(C(C)(C)O)c2)cc2c3c(oc12)CCNC3. The van der Waals surface area contributed by atoms with Crippen LogP contribution in [0.4, 0.5) is 0 Å². The average Bonchev–Trinajstić information content (AvgIpc) is 3.05. The molecule has 0 saturated carbocycles. The molecule has 7 heteroatoms. The molecular weight excluding hydrogens is 378 g/mol. The van der Waals surface area contributed by atoms with Crippen LogP contribution < -0.4 is 10.1 Å². The van der Waals surface area contributed by atoms with E-state index in [9.17, 15) is 13.5 Å². The van der Waals surface area contributed by atoms with Crippen molar-refractivity contribution in [3.05, 3.63) is 53.3 Å². The molecule has 0 radical (unpaired) electrons. The number of fused-ring (bicyclic) bond motifs is 3. The van der Waals surface area contributed by atoms with Gasteiger partial charge in [0.2, 0.25) is 9.84 Å². The molecule has 1 aliphatic rings. The number of hydrogen-bond acceptors (Lipinski definition) is 6. The molecule has 2 heterocycles. The third-order valence-corrected chi connectivity index (χ3v) is 6.86. The molecule has 2 aromatic carbocycles. The Bertz CT molecular complexity index is 1160. The summed E-state index contributed by atoms with van der Waals surface area (Å²) in [4.78, 5) is 0.267. The van der Waals surface area contributed by atoms with Gasteiger partial charge in [-0.05, 0) is 37.6 Å². The normalized spacial score (nSPS) is 14.9. The average molecular weight is 401 g/mol. The van der Waals surface area contributed by atoms with Gasteiger partial charge < -0.3 is 19.6 Å². The fourth-order valence-corrected chi connectivity index (χ4v) is 4.89. The lowest BCUT2D eigenvalue weighted by atomic mass is 9.99. The standard InChI is InChI=1S/C21H23NO5S/c1-21(2,23)13-5-4-6-14(9-13)28(24,25)15-10-16-17-12-22-8-7-18(17)27-20(16)19(11-15)26-3/h4-6,9-11,22-23H,7-8,12H2,1-3H3. The second-order valence-corrected chi connectivity index (χ2v) is 9.47. The first-order valence-corrected chi connectivity index (χ1v) is 10.6. The third-order valence-electron chi connectivity index (χ3n) is 5.13. The third kappa shape index (κ3) is 3.09. The summed E-state index contributed by atoms with van der Waals surface area (Å²) in [6.07, 6.45) is 0.753. The first-order chi connectivity index (χ1) is 13.2. The second kappa shape index (κ2) is 6.62. The number of nitrogens with one attached hydrogen (secondary N) is 1. The van der Waals surface area contributed by atoms with E-state index >= 15 is 0 Å². The van der Waals surface area contributed by atoms with Crippen LogP contribution in [0.5, 0.6) is 5.75 Å². The summed E-state index contributed by atoms with van der Waals surface area (Å²) in [5.41, 5.74) is 0.941. The number of rotatable bonds is 4. The van der Waals surface area contributed by atoms with E-state index in [0.717, 1.165) is 29.7 Å². The summed E-state index contributed by atoms with van der Waals surface area (Å²) in [5.74, 6) is 1.26. The van der Waals surface area contributed by atoms with Crippen LogP contribution in [0, 0.1) is 0 Å². The van der Waals surface area contributed by atoms with E-state index in [-0.39, 0.29) is 9.79 Å². The summed E-state index contributed by atoms with van der Waals surface area (Å²) < 4.78 is 38.1. The van der Waals surface area contributed by atoms with Gasteiger partial charge in [0, 0.05) is 36.5 Å². The Kier molecular flexibility index (Phi) is 4.49. The minimum Gasteiger partial charge on any atom is -0.493 e. The van der Waals surface area contributed by atoms with E-state index in [1.165, 1.54) is 25.3 Å². The minimum atomic E-state index is -3.80. The number of ether oxygens (including phenoxy) is 1. The highest BCUT2D eigenvalue weighted by Crippen LogP contribution is 2.38. The molecule has 0 atom stereocenters. The molecule has 0 aliphatic carbocycles. The zero-order valence-corrected chi connectivity index (χ0v) is 16.9. The van der Waals surface area contributed by atoms with Crippen LogP contribution in [0.3, 0.4) is 0 Å². The van der Waals surface area contributed by atoms with Crippen molar-refractivity contribution in [1.82, 2.24) is 5.32 Å². The fraction of sp³-hybridized carbons (Fsp3) is 0.333. The Labute approximate surface area is 164 Å². The summed E-state index contributed by atoms with van der Waals surface area (Å²) in [6.45, 7) is 4.70. The summed E-state index contributed by atoms with van der Waals surface area (Å²) in [6, 6.07) is 9.54. The lowest BCUT2D eigenvalue weighted by Crippen LogP contribution is -2.22. The zero-order chi connectivity index (χ0) is 20.1. The van der Waals surface area contributed by atoms with E-state index in [1.54, 1.807) is 32.0 Å². The molecule has 0 unspecified atom stereocenters. The molecule has 148 valence electrons. The Balaban J connectivity index is 1.91. The largest absolute Gasteiger partial charge is 0.493 e. The molecule has 0 saturated heterocycles. The number of methoxy groups -OCH3 is 1. The van der Waals surface area contributed by atoms with Crippen molar-refractivity contribution in [3.63, 3.8) is 0 Å². The Morgan fingerprint density at radius 3 is 2.68 bits per heavy atom. The second-order valence-electron chi connectivity index (χ2n) is 7.52. The van der Waals surface area contributed by atoms with Crippen LogP contribution in [0.25, 0.3) is 11.0 Å². The molecule has 6 nitrogen and oxygen atoms in total. The Hall–Kier alpha value is -2.35. The predicted octanol–water partition coefficient (Wildman–Crippen LogP) is 3.15. The van der Waals surface area contributed by atoms with E-state index < -0.39 is 15.4 Å². The van der Waals surface area contributed by atoms with Crippen LogP contribution in [0.1, 0.15) is 30.7 Å². The monoisotopic (exact) mass is 401 g/mol. The molecule has 1 aromatic heterocycles. The van der Waals surface area contributed by atoms with E-state index in [2.05, 4.69) is 5.32 Å². The zero-order valence-electron chi connectivity index (χ0n) is 16.1. The van der Waals surface area contributed by atoms with Crippen molar-refractivity contribution in [1.29, 1.82) is 0 Å². The summed E-state index contributed by atoms with van der Waals surface area (Å²) >= 11 is 0. The van der Waals surface area contributed by atoms with E-state index in [1.807, 2.05) is 0 Å². The van der Waals surface area contributed by atoms with Crippen molar-refractivity contribution in [3.8, 4) is 5.75 Å². The number of furan rings is 1. The molecule has 0 amide bonds. The van der Waals surface area contributed by atoms with Crippen molar-refractivity contribution in [2.75, 3.05) is 13.7 Å². The highest BCUT2D eigenvalue weighted by atomic mass is 32.2. The van der Waals surface area contributed by atoms with Crippen molar-refractivity contribution < 1.29 is 22.7 Å². The van der Waals surface area contributed by atoms with Crippen LogP contribution >= 0.6 is 0 Å². The first-order valence-electron chi connectivity index (χ1n) is 9.13. The number of hydrogen-bond donors (Lipinski definition) is 2. The van der Waals surface area contributed by atoms with Gasteiger partial charge in [-0.15, -0.1) is 0 Å². The molecular formula is C21H23NO5S. The summed E-state index contributed by atoms with van der Waals surface area (Å²) in [5, 5.41) is 14.3. The molecule has 0 spiro atoms. The van der Waals surface area contributed by atoms with Gasteiger partial charge in [0.05, 0.1) is 22.5 Å². The van der Waals surface area contributed by atoms with Gasteiger partial charge in [-0.1, -0.05) is 12.1 Å². The lowest BCUT2D eigenvalue weighted by Gasteiger charge is -2.18. The molecule has 1 aliphatic heterocycles.